The van der Waals surface area contributed by atoms with Crippen molar-refractivity contribution in [3.63, 3.8) is 0 Å². The molecule has 0 radical (unpaired) electrons. The molecular weight excluding hydrogens is 514 g/mol. The largest absolute Gasteiger partial charge is 0.443 e. The zero-order chi connectivity index (χ0) is 27.0. The van der Waals surface area contributed by atoms with E-state index in [0.29, 0.717) is 29.9 Å². The topological polar surface area (TPSA) is 137 Å². The van der Waals surface area contributed by atoms with E-state index in [4.69, 9.17) is 14.6 Å². The maximum Gasteiger partial charge on any atom is 0.266 e. The van der Waals surface area contributed by atoms with Gasteiger partial charge in [-0.05, 0) is 50.8 Å². The third-order valence-electron chi connectivity index (χ3n) is 6.71. The molecule has 2 atom stereocenters. The molecule has 39 heavy (non-hydrogen) atoms. The summed E-state index contributed by atoms with van der Waals surface area (Å²) in [5, 5.41) is 11.4. The number of carbonyl (C=O) groups is 1. The lowest BCUT2D eigenvalue weighted by Gasteiger charge is -2.23. The lowest BCUT2D eigenvalue weighted by molar-refractivity contribution is 0.0735. The van der Waals surface area contributed by atoms with Gasteiger partial charge in [-0.1, -0.05) is 30.3 Å². The minimum atomic E-state index is -0.903. The standard InChI is InChI=1S/C28H27N7O3S/c1-17-16-39-25(31-17)22-9-6-11-35(22)26(36)19-13-20(23-30-10-12-37-23)32-21(14-19)24-33-34-27(38-24)28(2,29)15-18-7-4-3-5-8-18/h3-5,7-8,10,12-14,16,22H,6,9,11,15,29H2,1-2H3/t22?,28-/m1/s1. The third-order valence-corrected chi connectivity index (χ3v) is 7.77. The summed E-state index contributed by atoms with van der Waals surface area (Å²) in [6, 6.07) is 13.2. The Morgan fingerprint density at radius 2 is 1.95 bits per heavy atom. The van der Waals surface area contributed by atoms with Crippen molar-refractivity contribution in [3.8, 4) is 23.2 Å². The first kappa shape index (κ1) is 25.1. The molecule has 1 aliphatic rings. The monoisotopic (exact) mass is 541 g/mol. The molecule has 4 aromatic heterocycles. The summed E-state index contributed by atoms with van der Waals surface area (Å²) in [6.07, 6.45) is 5.27. The lowest BCUT2D eigenvalue weighted by atomic mass is 9.94. The number of hydrogen-bond donors (Lipinski definition) is 1. The number of likely N-dealkylation sites (tertiary alicyclic amines) is 1. The zero-order valence-electron chi connectivity index (χ0n) is 21.6. The SMILES string of the molecule is Cc1csc(C2CCCN2C(=O)c2cc(-c3ncco3)nc(-c3nnc([C@](C)(N)Cc4ccccc4)o3)c2)n1. The quantitative estimate of drug-likeness (QED) is 0.303. The second-order valence-corrected chi connectivity index (χ2v) is 10.8. The molecule has 1 unspecified atom stereocenters. The number of hydrogen-bond acceptors (Lipinski definition) is 10. The molecule has 1 aromatic carbocycles. The van der Waals surface area contributed by atoms with Gasteiger partial charge >= 0.3 is 0 Å². The van der Waals surface area contributed by atoms with E-state index in [9.17, 15) is 4.79 Å². The van der Waals surface area contributed by atoms with Crippen LogP contribution in [0, 0.1) is 6.92 Å². The molecule has 0 bridgehead atoms. The van der Waals surface area contributed by atoms with Crippen LogP contribution in [0.25, 0.3) is 23.2 Å². The number of nitrogens with zero attached hydrogens (tertiary/aromatic N) is 6. The molecule has 1 fully saturated rings. The number of rotatable bonds is 7. The number of amides is 1. The second-order valence-electron chi connectivity index (χ2n) is 9.94. The maximum atomic E-state index is 13.8. The van der Waals surface area contributed by atoms with Gasteiger partial charge in [-0.3, -0.25) is 4.79 Å². The molecule has 1 aliphatic heterocycles. The second kappa shape index (κ2) is 10.2. The van der Waals surface area contributed by atoms with E-state index in [-0.39, 0.29) is 29.6 Å². The van der Waals surface area contributed by atoms with Crippen LogP contribution in [0.5, 0.6) is 0 Å². The Kier molecular flexibility index (Phi) is 6.53. The highest BCUT2D eigenvalue weighted by Crippen LogP contribution is 2.36. The smallest absolute Gasteiger partial charge is 0.266 e. The molecule has 5 aromatic rings. The fourth-order valence-electron chi connectivity index (χ4n) is 4.83. The Bertz CT molecular complexity index is 1590. The van der Waals surface area contributed by atoms with Crippen molar-refractivity contribution < 1.29 is 13.6 Å². The minimum Gasteiger partial charge on any atom is -0.443 e. The number of nitrogens with two attached hydrogens (primary N) is 1. The van der Waals surface area contributed by atoms with E-state index >= 15 is 0 Å². The van der Waals surface area contributed by atoms with Gasteiger partial charge in [0.2, 0.25) is 11.8 Å². The van der Waals surface area contributed by atoms with Crippen molar-refractivity contribution in [1.82, 2.24) is 30.0 Å². The molecule has 5 heterocycles. The van der Waals surface area contributed by atoms with Gasteiger partial charge in [0, 0.05) is 23.2 Å². The van der Waals surface area contributed by atoms with Crippen LogP contribution in [0.15, 0.2) is 69.1 Å². The van der Waals surface area contributed by atoms with Gasteiger partial charge in [-0.15, -0.1) is 21.5 Å². The summed E-state index contributed by atoms with van der Waals surface area (Å²) in [5.74, 6) is 0.586. The van der Waals surface area contributed by atoms with E-state index in [1.54, 1.807) is 23.5 Å². The van der Waals surface area contributed by atoms with Gasteiger partial charge in [0.15, 0.2) is 0 Å². The number of pyridine rings is 1. The van der Waals surface area contributed by atoms with Crippen LogP contribution in [-0.2, 0) is 12.0 Å². The van der Waals surface area contributed by atoms with E-state index in [1.807, 2.05) is 54.5 Å². The highest BCUT2D eigenvalue weighted by Gasteiger charge is 2.34. The Hall–Kier alpha value is -4.22. The summed E-state index contributed by atoms with van der Waals surface area (Å²) in [5.41, 5.74) is 8.85. The normalized spacial score (nSPS) is 16.9. The van der Waals surface area contributed by atoms with Crippen LogP contribution in [0.3, 0.4) is 0 Å². The summed E-state index contributed by atoms with van der Waals surface area (Å²) in [7, 11) is 0. The van der Waals surface area contributed by atoms with Crippen molar-refractivity contribution in [2.24, 2.45) is 5.73 Å². The Labute approximate surface area is 228 Å². The van der Waals surface area contributed by atoms with E-state index in [2.05, 4.69) is 25.1 Å². The molecule has 1 amide bonds. The first-order chi connectivity index (χ1) is 18.9. The molecule has 11 heteroatoms. The van der Waals surface area contributed by atoms with Crippen LogP contribution in [-0.4, -0.2) is 42.5 Å². The van der Waals surface area contributed by atoms with E-state index < -0.39 is 5.54 Å². The predicted octanol–water partition coefficient (Wildman–Crippen LogP) is 4.95. The van der Waals surface area contributed by atoms with E-state index in [1.165, 1.54) is 12.5 Å². The molecule has 2 N–H and O–H groups in total. The molecule has 198 valence electrons. The maximum absolute atomic E-state index is 13.8. The van der Waals surface area contributed by atoms with Crippen molar-refractivity contribution in [2.75, 3.05) is 6.54 Å². The summed E-state index contributed by atoms with van der Waals surface area (Å²) >= 11 is 1.58. The molecule has 6 rings (SSSR count). The number of aryl methyl sites for hydroxylation is 1. The summed E-state index contributed by atoms with van der Waals surface area (Å²) in [4.78, 5) is 29.2. The van der Waals surface area contributed by atoms with Gasteiger partial charge in [-0.2, -0.15) is 0 Å². The number of oxazole rings is 1. The van der Waals surface area contributed by atoms with Gasteiger partial charge in [0.25, 0.3) is 11.8 Å². The first-order valence-electron chi connectivity index (χ1n) is 12.7. The van der Waals surface area contributed by atoms with Crippen LogP contribution in [0.2, 0.25) is 0 Å². The van der Waals surface area contributed by atoms with Gasteiger partial charge in [-0.25, -0.2) is 15.0 Å². The van der Waals surface area contributed by atoms with Crippen LogP contribution < -0.4 is 5.73 Å². The van der Waals surface area contributed by atoms with Crippen LogP contribution in [0.1, 0.15) is 58.3 Å². The van der Waals surface area contributed by atoms with Crippen molar-refractivity contribution in [1.29, 1.82) is 0 Å². The molecule has 0 spiro atoms. The number of carbonyl (C=O) groups excluding carboxylic acids is 1. The van der Waals surface area contributed by atoms with Crippen molar-refractivity contribution in [2.45, 2.75) is 44.7 Å². The average Bonchev–Trinajstić information content (AvgIpc) is 3.74. The summed E-state index contributed by atoms with van der Waals surface area (Å²) < 4.78 is 11.5. The molecule has 0 saturated carbocycles. The number of aromatic nitrogens is 5. The minimum absolute atomic E-state index is 0.0658. The average molecular weight is 542 g/mol. The predicted molar refractivity (Wildman–Crippen MR) is 145 cm³/mol. The number of thiazole rings is 1. The third kappa shape index (κ3) is 5.10. The van der Waals surface area contributed by atoms with Crippen LogP contribution in [0.4, 0.5) is 0 Å². The fourth-order valence-corrected chi connectivity index (χ4v) is 5.78. The molecule has 10 nitrogen and oxygen atoms in total. The van der Waals surface area contributed by atoms with Crippen molar-refractivity contribution >= 4 is 17.2 Å². The zero-order valence-corrected chi connectivity index (χ0v) is 22.4. The Morgan fingerprint density at radius 1 is 1.15 bits per heavy atom. The Morgan fingerprint density at radius 3 is 2.67 bits per heavy atom. The first-order valence-corrected chi connectivity index (χ1v) is 13.6. The molecule has 0 aliphatic carbocycles. The molecular formula is C28H27N7O3S. The fraction of sp³-hybridized carbons (Fsp3) is 0.286. The summed E-state index contributed by atoms with van der Waals surface area (Å²) in [6.45, 7) is 4.45. The van der Waals surface area contributed by atoms with Gasteiger partial charge < -0.3 is 19.5 Å². The highest BCUT2D eigenvalue weighted by molar-refractivity contribution is 7.09. The van der Waals surface area contributed by atoms with E-state index in [0.717, 1.165) is 29.1 Å². The van der Waals surface area contributed by atoms with Crippen LogP contribution >= 0.6 is 11.3 Å². The number of benzene rings is 1. The molecule has 1 saturated heterocycles. The van der Waals surface area contributed by atoms with Crippen molar-refractivity contribution in [3.05, 3.63) is 88.0 Å². The van der Waals surface area contributed by atoms with Gasteiger partial charge in [0.1, 0.15) is 22.7 Å². The lowest BCUT2D eigenvalue weighted by Crippen LogP contribution is -2.35. The Balaban J connectivity index is 1.35. The van der Waals surface area contributed by atoms with Gasteiger partial charge in [0.05, 0.1) is 17.8 Å². The highest BCUT2D eigenvalue weighted by atomic mass is 32.1.